The minimum Gasteiger partial charge on any atom is -0.493 e. The van der Waals surface area contributed by atoms with Crippen molar-refractivity contribution in [2.45, 2.75) is 46.0 Å². The summed E-state index contributed by atoms with van der Waals surface area (Å²) in [5.41, 5.74) is 0. The summed E-state index contributed by atoms with van der Waals surface area (Å²) < 4.78 is 0. The molecule has 0 aromatic heterocycles. The predicted octanol–water partition coefficient (Wildman–Crippen LogP) is 2.60. The molecule has 0 aliphatic carbocycles. The second kappa shape index (κ2) is 7.77. The number of likely N-dealkylation sites (tertiary alicyclic amines) is 1. The van der Waals surface area contributed by atoms with E-state index < -0.39 is 0 Å². The molecular weight excluding hydrogens is 400 g/mol. The van der Waals surface area contributed by atoms with Gasteiger partial charge in [0.15, 0.2) is 5.91 Å². The van der Waals surface area contributed by atoms with Crippen molar-refractivity contribution in [2.24, 2.45) is 5.92 Å². The van der Waals surface area contributed by atoms with Crippen LogP contribution in [0.3, 0.4) is 0 Å². The third kappa shape index (κ3) is 4.36. The van der Waals surface area contributed by atoms with E-state index in [4.69, 9.17) is 0 Å². The van der Waals surface area contributed by atoms with Gasteiger partial charge < -0.3 is 4.90 Å². The second-order valence-electron chi connectivity index (χ2n) is 3.90. The van der Waals surface area contributed by atoms with Gasteiger partial charge in [0, 0.05) is 37.0 Å². The summed E-state index contributed by atoms with van der Waals surface area (Å²) in [6, 6.07) is 0. The Morgan fingerprint density at radius 3 is 2.79 bits per heavy atom. The molecule has 14 heavy (non-hydrogen) atoms. The van der Waals surface area contributed by atoms with E-state index in [0.29, 0.717) is 5.91 Å². The third-order valence-corrected chi connectivity index (χ3v) is 2.65. The number of hydrogen-bond donors (Lipinski definition) is 0. The van der Waals surface area contributed by atoms with Crippen molar-refractivity contribution in [1.29, 1.82) is 0 Å². The van der Waals surface area contributed by atoms with Crippen molar-refractivity contribution in [3.05, 3.63) is 6.54 Å². The Balaban J connectivity index is 0.00000169. The average molecular weight is 420 g/mol. The molecule has 1 fully saturated rings. The van der Waals surface area contributed by atoms with Crippen molar-refractivity contribution >= 4 is 5.91 Å². The van der Waals surface area contributed by atoms with Crippen LogP contribution in [0.15, 0.2) is 0 Å². The van der Waals surface area contributed by atoms with Crippen LogP contribution in [-0.4, -0.2) is 17.4 Å². The summed E-state index contributed by atoms with van der Waals surface area (Å²) in [7, 11) is 0. The molecule has 1 heterocycles. The topological polar surface area (TPSA) is 20.3 Å². The number of nitrogens with zero attached hydrogens (tertiary/aromatic N) is 1. The van der Waals surface area contributed by atoms with E-state index in [0.717, 1.165) is 25.8 Å². The van der Waals surface area contributed by atoms with E-state index in [1.54, 1.807) is 0 Å². The Morgan fingerprint density at radius 1 is 1.57 bits per heavy atom. The van der Waals surface area contributed by atoms with Gasteiger partial charge in [-0.3, -0.25) is 4.79 Å². The van der Waals surface area contributed by atoms with Gasteiger partial charge in [0.1, 0.15) is 0 Å². The maximum atomic E-state index is 11.7. The molecule has 1 saturated heterocycles. The fourth-order valence-electron chi connectivity index (χ4n) is 1.72. The number of carbonyl (C=O) groups excluding carboxylic acids is 1. The molecule has 1 rings (SSSR count). The SMILES string of the molecule is CCCCC(C)C(=O)N1[CH-]CCC1.[U]. The monoisotopic (exact) mass is 420 g/mol. The van der Waals surface area contributed by atoms with Crippen LogP contribution >= 0.6 is 0 Å². The van der Waals surface area contributed by atoms with Crippen LogP contribution in [0.5, 0.6) is 0 Å². The Morgan fingerprint density at radius 2 is 2.29 bits per heavy atom. The van der Waals surface area contributed by atoms with Crippen LogP contribution in [0.4, 0.5) is 0 Å². The van der Waals surface area contributed by atoms with Gasteiger partial charge in [-0.05, 0) is 13.0 Å². The first-order valence-electron chi connectivity index (χ1n) is 5.39. The maximum Gasteiger partial charge on any atom is 0.196 e. The normalized spacial score (nSPS) is 17.7. The fourth-order valence-corrected chi connectivity index (χ4v) is 1.72. The summed E-state index contributed by atoms with van der Waals surface area (Å²) >= 11 is 0. The summed E-state index contributed by atoms with van der Waals surface area (Å²) in [5, 5.41) is 0. The van der Waals surface area contributed by atoms with Gasteiger partial charge in [-0.15, -0.1) is 0 Å². The van der Waals surface area contributed by atoms with Gasteiger partial charge in [-0.2, -0.15) is 6.42 Å². The van der Waals surface area contributed by atoms with Crippen molar-refractivity contribution in [2.75, 3.05) is 6.54 Å². The van der Waals surface area contributed by atoms with Crippen LogP contribution in [-0.2, 0) is 4.79 Å². The molecule has 0 bridgehead atoms. The first kappa shape index (κ1) is 14.5. The molecule has 1 aliphatic heterocycles. The van der Waals surface area contributed by atoms with Gasteiger partial charge in [0.05, 0.1) is 0 Å². The molecule has 0 N–H and O–H groups in total. The molecule has 1 atom stereocenters. The van der Waals surface area contributed by atoms with Crippen LogP contribution in [0, 0.1) is 43.6 Å². The third-order valence-electron chi connectivity index (χ3n) is 2.65. The van der Waals surface area contributed by atoms with Crippen molar-refractivity contribution in [1.82, 2.24) is 4.90 Å². The van der Waals surface area contributed by atoms with Gasteiger partial charge in [-0.25, -0.2) is 6.54 Å². The number of amides is 1. The molecule has 1 unspecified atom stereocenters. The Labute approximate surface area is 111 Å². The fraction of sp³-hybridized carbons (Fsp3) is 0.818. The molecule has 0 aromatic rings. The number of carbonyl (C=O) groups is 1. The predicted molar refractivity (Wildman–Crippen MR) is 53.9 cm³/mol. The van der Waals surface area contributed by atoms with E-state index >= 15 is 0 Å². The first-order valence-corrected chi connectivity index (χ1v) is 5.39. The van der Waals surface area contributed by atoms with Crippen LogP contribution in [0.1, 0.15) is 46.0 Å². The first-order chi connectivity index (χ1) is 6.25. The number of rotatable bonds is 4. The van der Waals surface area contributed by atoms with E-state index in [2.05, 4.69) is 6.92 Å². The van der Waals surface area contributed by atoms with E-state index in [1.165, 1.54) is 12.8 Å². The second-order valence-corrected chi connectivity index (χ2v) is 3.90. The minimum absolute atomic E-state index is 0. The summed E-state index contributed by atoms with van der Waals surface area (Å²) in [6.45, 7) is 7.20. The minimum atomic E-state index is 0. The van der Waals surface area contributed by atoms with E-state index in [-0.39, 0.29) is 37.0 Å². The molecule has 80 valence electrons. The molecule has 1 amide bonds. The van der Waals surface area contributed by atoms with Crippen molar-refractivity contribution in [3.63, 3.8) is 0 Å². The number of hydrogen-bond acceptors (Lipinski definition) is 1. The zero-order valence-corrected chi connectivity index (χ0v) is 13.4. The van der Waals surface area contributed by atoms with Crippen LogP contribution < -0.4 is 0 Å². The molecule has 0 radical (unpaired) electrons. The van der Waals surface area contributed by atoms with Gasteiger partial charge in [0.2, 0.25) is 0 Å². The molecule has 0 spiro atoms. The van der Waals surface area contributed by atoms with Crippen molar-refractivity contribution < 1.29 is 35.9 Å². The quantitative estimate of drug-likeness (QED) is 0.641. The molecule has 3 heteroatoms. The standard InChI is InChI=1S/C11H20NO.U/c1-3-4-7-10(2)11(13)12-8-5-6-9-12;/h8,10H,3-7,9H2,1-2H3;/q-1;. The Hall–Kier alpha value is 0.522. The molecular formula is C11H20NOU-. The van der Waals surface area contributed by atoms with Crippen LogP contribution in [0.2, 0.25) is 0 Å². The average Bonchev–Trinajstić information content (AvgIpc) is 2.65. The van der Waals surface area contributed by atoms with Gasteiger partial charge in [-0.1, -0.05) is 33.1 Å². The Bertz CT molecular complexity index is 167. The molecule has 1 aliphatic rings. The zero-order chi connectivity index (χ0) is 9.68. The largest absolute Gasteiger partial charge is 0.493 e. The summed E-state index contributed by atoms with van der Waals surface area (Å²) in [5.74, 6) is 0.542. The Kier molecular flexibility index (Phi) is 8.06. The van der Waals surface area contributed by atoms with E-state index in [9.17, 15) is 4.79 Å². The summed E-state index contributed by atoms with van der Waals surface area (Å²) in [4.78, 5) is 13.6. The molecule has 0 saturated carbocycles. The van der Waals surface area contributed by atoms with Gasteiger partial charge >= 0.3 is 0 Å². The number of unbranched alkanes of at least 4 members (excludes halogenated alkanes) is 1. The molecule has 2 nitrogen and oxygen atoms in total. The maximum absolute atomic E-state index is 11.7. The van der Waals surface area contributed by atoms with E-state index in [1.807, 2.05) is 18.4 Å². The smallest absolute Gasteiger partial charge is 0.196 e. The summed E-state index contributed by atoms with van der Waals surface area (Å²) in [6.07, 6.45) is 5.61. The van der Waals surface area contributed by atoms with Gasteiger partial charge in [0.25, 0.3) is 0 Å². The zero-order valence-electron chi connectivity index (χ0n) is 9.25. The molecule has 0 aromatic carbocycles. The van der Waals surface area contributed by atoms with Crippen molar-refractivity contribution in [3.8, 4) is 0 Å². The van der Waals surface area contributed by atoms with Crippen LogP contribution in [0.25, 0.3) is 0 Å².